The van der Waals surface area contributed by atoms with Crippen LogP contribution in [-0.4, -0.2) is 5.91 Å². The van der Waals surface area contributed by atoms with Gasteiger partial charge in [-0.3, -0.25) is 4.79 Å². The van der Waals surface area contributed by atoms with Crippen LogP contribution in [0.3, 0.4) is 0 Å². The number of nitrogens with zero attached hydrogens (tertiary/aromatic N) is 1. The summed E-state index contributed by atoms with van der Waals surface area (Å²) in [5.41, 5.74) is 1.03. The quantitative estimate of drug-likeness (QED) is 0.681. The number of thiophene rings is 1. The lowest BCUT2D eigenvalue weighted by Crippen LogP contribution is -2.10. The molecule has 3 aromatic rings. The second kappa shape index (κ2) is 5.98. The third kappa shape index (κ3) is 2.79. The van der Waals surface area contributed by atoms with Crippen molar-refractivity contribution < 1.29 is 4.79 Å². The van der Waals surface area contributed by atoms with E-state index in [0.717, 1.165) is 10.1 Å². The zero-order valence-corrected chi connectivity index (χ0v) is 13.4. The predicted octanol–water partition coefficient (Wildman–Crippen LogP) is 5.33. The second-order valence-corrected chi connectivity index (χ2v) is 6.40. The highest BCUT2D eigenvalue weighted by Crippen LogP contribution is 2.37. The molecule has 3 nitrogen and oxygen atoms in total. The molecule has 3 rings (SSSR count). The monoisotopic (exact) mass is 346 g/mol. The lowest BCUT2D eigenvalue weighted by atomic mass is 10.2. The minimum absolute atomic E-state index is 0.308. The minimum atomic E-state index is -0.308. The fourth-order valence-electron chi connectivity index (χ4n) is 2.04. The van der Waals surface area contributed by atoms with Crippen LogP contribution in [0.5, 0.6) is 0 Å². The lowest BCUT2D eigenvalue weighted by molar-refractivity contribution is 0.103. The summed E-state index contributed by atoms with van der Waals surface area (Å²) >= 11 is 13.5. The van der Waals surface area contributed by atoms with Gasteiger partial charge in [0.2, 0.25) is 0 Å². The molecule has 1 N–H and O–H groups in total. The maximum absolute atomic E-state index is 12.4. The van der Waals surface area contributed by atoms with Crippen LogP contribution in [0.25, 0.3) is 10.1 Å². The molecule has 0 fully saturated rings. The van der Waals surface area contributed by atoms with Gasteiger partial charge in [-0.25, -0.2) is 0 Å². The van der Waals surface area contributed by atoms with Gasteiger partial charge in [0.25, 0.3) is 5.91 Å². The molecular formula is C16H8Cl2N2OS. The molecule has 0 aliphatic carbocycles. The van der Waals surface area contributed by atoms with Gasteiger partial charge < -0.3 is 5.32 Å². The average molecular weight is 347 g/mol. The first-order chi connectivity index (χ1) is 10.6. The summed E-state index contributed by atoms with van der Waals surface area (Å²) in [6.07, 6.45) is 0. The topological polar surface area (TPSA) is 52.9 Å². The van der Waals surface area contributed by atoms with Crippen molar-refractivity contribution in [3.8, 4) is 6.07 Å². The van der Waals surface area contributed by atoms with Crippen LogP contribution in [0.1, 0.15) is 15.2 Å². The normalized spacial score (nSPS) is 10.4. The molecule has 0 unspecified atom stereocenters. The fraction of sp³-hybridized carbons (Fsp3) is 0. The van der Waals surface area contributed by atoms with Crippen molar-refractivity contribution in [3.63, 3.8) is 0 Å². The zero-order chi connectivity index (χ0) is 15.7. The number of hydrogen-bond acceptors (Lipinski definition) is 3. The molecule has 108 valence electrons. The molecule has 0 saturated heterocycles. The Kier molecular flexibility index (Phi) is 4.04. The maximum atomic E-state index is 12.4. The third-order valence-electron chi connectivity index (χ3n) is 3.05. The van der Waals surface area contributed by atoms with Gasteiger partial charge in [-0.1, -0.05) is 35.3 Å². The van der Waals surface area contributed by atoms with E-state index < -0.39 is 0 Å². The average Bonchev–Trinajstić information content (AvgIpc) is 2.84. The van der Waals surface area contributed by atoms with Crippen LogP contribution < -0.4 is 5.32 Å². The largest absolute Gasteiger partial charge is 0.321 e. The van der Waals surface area contributed by atoms with E-state index >= 15 is 0 Å². The van der Waals surface area contributed by atoms with Gasteiger partial charge in [-0.2, -0.15) is 5.26 Å². The van der Waals surface area contributed by atoms with Crippen LogP contribution >= 0.6 is 34.5 Å². The van der Waals surface area contributed by atoms with E-state index in [9.17, 15) is 4.79 Å². The Balaban J connectivity index is 1.95. The Morgan fingerprint density at radius 3 is 2.77 bits per heavy atom. The number of benzene rings is 2. The van der Waals surface area contributed by atoms with E-state index in [1.807, 2.05) is 6.07 Å². The van der Waals surface area contributed by atoms with Crippen LogP contribution in [0.15, 0.2) is 42.5 Å². The highest BCUT2D eigenvalue weighted by molar-refractivity contribution is 7.21. The number of rotatable bonds is 2. The summed E-state index contributed by atoms with van der Waals surface area (Å²) in [4.78, 5) is 12.8. The van der Waals surface area contributed by atoms with Gasteiger partial charge in [0.1, 0.15) is 4.88 Å². The molecule has 22 heavy (non-hydrogen) atoms. The molecule has 1 heterocycles. The van der Waals surface area contributed by atoms with Gasteiger partial charge in [0.05, 0.1) is 16.7 Å². The number of carbonyl (C=O) groups excluding carboxylic acids is 1. The molecule has 0 radical (unpaired) electrons. The number of fused-ring (bicyclic) bond motifs is 1. The highest BCUT2D eigenvalue weighted by Gasteiger charge is 2.17. The van der Waals surface area contributed by atoms with Gasteiger partial charge in [-0.05, 0) is 30.3 Å². The maximum Gasteiger partial charge on any atom is 0.267 e. The minimum Gasteiger partial charge on any atom is -0.321 e. The van der Waals surface area contributed by atoms with Gasteiger partial charge >= 0.3 is 0 Å². The second-order valence-electron chi connectivity index (χ2n) is 4.53. The molecule has 1 amide bonds. The van der Waals surface area contributed by atoms with Crippen LogP contribution in [0.2, 0.25) is 10.0 Å². The Morgan fingerprint density at radius 2 is 2.00 bits per heavy atom. The van der Waals surface area contributed by atoms with E-state index in [4.69, 9.17) is 28.5 Å². The summed E-state index contributed by atoms with van der Waals surface area (Å²) < 4.78 is 0.855. The standard InChI is InChI=1S/C16H8Cl2N2OS/c17-10-4-5-12-13(7-10)22-15(14(12)18)16(21)20-11-3-1-2-9(6-11)8-19/h1-7H,(H,20,21). The summed E-state index contributed by atoms with van der Waals surface area (Å²) in [6.45, 7) is 0. The van der Waals surface area contributed by atoms with Gasteiger partial charge in [0, 0.05) is 20.8 Å². The molecule has 6 heteroatoms. The number of anilines is 1. The molecule has 1 aromatic heterocycles. The van der Waals surface area contributed by atoms with E-state index in [1.165, 1.54) is 11.3 Å². The Hall–Kier alpha value is -2.06. The summed E-state index contributed by atoms with van der Waals surface area (Å²) in [7, 11) is 0. The van der Waals surface area contributed by atoms with Crippen LogP contribution in [-0.2, 0) is 0 Å². The van der Waals surface area contributed by atoms with Gasteiger partial charge in [0.15, 0.2) is 0 Å². The van der Waals surface area contributed by atoms with E-state index in [1.54, 1.807) is 42.5 Å². The number of halogens is 2. The predicted molar refractivity (Wildman–Crippen MR) is 91.0 cm³/mol. The highest BCUT2D eigenvalue weighted by atomic mass is 35.5. The summed E-state index contributed by atoms with van der Waals surface area (Å²) in [5.74, 6) is -0.308. The van der Waals surface area contributed by atoms with Gasteiger partial charge in [-0.15, -0.1) is 11.3 Å². The van der Waals surface area contributed by atoms with Crippen LogP contribution in [0, 0.1) is 11.3 Å². The van der Waals surface area contributed by atoms with Crippen molar-refractivity contribution >= 4 is 56.2 Å². The van der Waals surface area contributed by atoms with Crippen molar-refractivity contribution in [2.24, 2.45) is 0 Å². The Bertz CT molecular complexity index is 928. The number of amides is 1. The zero-order valence-electron chi connectivity index (χ0n) is 11.1. The number of nitrogens with one attached hydrogen (secondary N) is 1. The number of carbonyl (C=O) groups is 1. The Morgan fingerprint density at radius 1 is 1.18 bits per heavy atom. The molecule has 0 spiro atoms. The SMILES string of the molecule is N#Cc1cccc(NC(=O)c2sc3cc(Cl)ccc3c2Cl)c1. The van der Waals surface area contributed by atoms with Crippen molar-refractivity contribution in [2.45, 2.75) is 0 Å². The summed E-state index contributed by atoms with van der Waals surface area (Å²) in [6, 6.07) is 14.0. The molecule has 2 aromatic carbocycles. The molecule has 0 aliphatic heterocycles. The molecule has 0 saturated carbocycles. The number of hydrogen-bond donors (Lipinski definition) is 1. The third-order valence-corrected chi connectivity index (χ3v) is 4.94. The van der Waals surface area contributed by atoms with Crippen molar-refractivity contribution in [3.05, 3.63) is 63.0 Å². The molecule has 0 atom stereocenters. The molecule has 0 aliphatic rings. The molecular weight excluding hydrogens is 339 g/mol. The fourth-order valence-corrected chi connectivity index (χ4v) is 3.73. The number of nitriles is 1. The first-order valence-electron chi connectivity index (χ1n) is 6.27. The molecule has 0 bridgehead atoms. The van der Waals surface area contributed by atoms with Crippen molar-refractivity contribution in [1.29, 1.82) is 5.26 Å². The lowest BCUT2D eigenvalue weighted by Gasteiger charge is -2.04. The summed E-state index contributed by atoms with van der Waals surface area (Å²) in [5, 5.41) is 13.4. The van der Waals surface area contributed by atoms with Crippen molar-refractivity contribution in [2.75, 3.05) is 5.32 Å². The Labute approximate surface area is 140 Å². The van der Waals surface area contributed by atoms with E-state index in [0.29, 0.717) is 26.2 Å². The first-order valence-corrected chi connectivity index (χ1v) is 7.85. The van der Waals surface area contributed by atoms with E-state index in [-0.39, 0.29) is 5.91 Å². The smallest absolute Gasteiger partial charge is 0.267 e. The first kappa shape index (κ1) is 14.9. The van der Waals surface area contributed by atoms with Crippen molar-refractivity contribution in [1.82, 2.24) is 0 Å². The van der Waals surface area contributed by atoms with E-state index in [2.05, 4.69) is 5.32 Å². The van der Waals surface area contributed by atoms with Crippen LogP contribution in [0.4, 0.5) is 5.69 Å².